The minimum Gasteiger partial charge on any atom is -0.382 e. The van der Waals surface area contributed by atoms with E-state index in [0.717, 1.165) is 5.69 Å². The molecular weight excluding hydrogens is 286 g/mol. The van der Waals surface area contributed by atoms with E-state index < -0.39 is 0 Å². The average molecular weight is 301 g/mol. The van der Waals surface area contributed by atoms with Crippen LogP contribution in [0.3, 0.4) is 0 Å². The summed E-state index contributed by atoms with van der Waals surface area (Å²) < 4.78 is 0. The van der Waals surface area contributed by atoms with Crippen molar-refractivity contribution < 1.29 is 0 Å². The third-order valence-electron chi connectivity index (χ3n) is 3.00. The highest BCUT2D eigenvalue weighted by molar-refractivity contribution is 7.16. The molecule has 3 aromatic heterocycles. The quantitative estimate of drug-likeness (QED) is 0.756. The first-order chi connectivity index (χ1) is 10.0. The molecular formula is C13H15N7S. The van der Waals surface area contributed by atoms with E-state index >= 15 is 0 Å². The van der Waals surface area contributed by atoms with Gasteiger partial charge in [0.25, 0.3) is 0 Å². The van der Waals surface area contributed by atoms with Crippen molar-refractivity contribution in [3.8, 4) is 0 Å². The monoisotopic (exact) mass is 301 g/mol. The zero-order valence-electron chi connectivity index (χ0n) is 11.7. The Labute approximate surface area is 125 Å². The van der Waals surface area contributed by atoms with Crippen molar-refractivity contribution in [2.24, 2.45) is 0 Å². The molecule has 0 aliphatic carbocycles. The summed E-state index contributed by atoms with van der Waals surface area (Å²) in [5.74, 6) is 0.356. The number of anilines is 3. The van der Waals surface area contributed by atoms with Crippen LogP contribution in [0, 0.1) is 6.92 Å². The summed E-state index contributed by atoms with van der Waals surface area (Å²) >= 11 is 1.74. The molecule has 4 N–H and O–H groups in total. The number of nitrogens with zero attached hydrogens (tertiary/aromatic N) is 5. The minimum atomic E-state index is 0.105. The predicted octanol–water partition coefficient (Wildman–Crippen LogP) is 1.59. The van der Waals surface area contributed by atoms with Gasteiger partial charge in [0.05, 0.1) is 23.4 Å². The first kappa shape index (κ1) is 13.5. The number of nitrogens with two attached hydrogens (primary N) is 2. The fourth-order valence-corrected chi connectivity index (χ4v) is 2.83. The molecule has 7 nitrogen and oxygen atoms in total. The molecule has 8 heteroatoms. The fraction of sp³-hybridized carbons (Fsp3) is 0.231. The van der Waals surface area contributed by atoms with Crippen LogP contribution in [0.4, 0.5) is 16.8 Å². The Kier molecular flexibility index (Phi) is 3.30. The lowest BCUT2D eigenvalue weighted by Crippen LogP contribution is -2.16. The summed E-state index contributed by atoms with van der Waals surface area (Å²) in [5.41, 5.74) is 13.1. The van der Waals surface area contributed by atoms with Gasteiger partial charge in [0, 0.05) is 11.9 Å². The second kappa shape index (κ2) is 5.13. The standard InChI is InChI=1S/C13H15N7S/c1-7-3-4-9(21-7)20(2)6-8-5-16-12-10(17-8)11(14)18-13(15)19-12/h3-5H,6H2,1-2H3,(H4,14,15,16,18,19). The summed E-state index contributed by atoms with van der Waals surface area (Å²) in [6.45, 7) is 2.72. The highest BCUT2D eigenvalue weighted by Gasteiger charge is 2.10. The van der Waals surface area contributed by atoms with Crippen molar-refractivity contribution in [3.05, 3.63) is 28.9 Å². The first-order valence-corrected chi connectivity index (χ1v) is 7.17. The van der Waals surface area contributed by atoms with Crippen LogP contribution in [0.2, 0.25) is 0 Å². The van der Waals surface area contributed by atoms with E-state index in [9.17, 15) is 0 Å². The zero-order valence-corrected chi connectivity index (χ0v) is 12.6. The van der Waals surface area contributed by atoms with Gasteiger partial charge in [0.1, 0.15) is 0 Å². The molecule has 3 heterocycles. The van der Waals surface area contributed by atoms with E-state index in [0.29, 0.717) is 17.7 Å². The van der Waals surface area contributed by atoms with Gasteiger partial charge in [0.2, 0.25) is 5.95 Å². The van der Waals surface area contributed by atoms with Crippen molar-refractivity contribution in [2.45, 2.75) is 13.5 Å². The van der Waals surface area contributed by atoms with Gasteiger partial charge in [-0.05, 0) is 19.1 Å². The molecule has 0 spiro atoms. The van der Waals surface area contributed by atoms with Gasteiger partial charge in [-0.1, -0.05) is 0 Å². The van der Waals surface area contributed by atoms with Gasteiger partial charge in [-0.25, -0.2) is 9.97 Å². The molecule has 0 unspecified atom stereocenters. The molecule has 0 bridgehead atoms. The van der Waals surface area contributed by atoms with Gasteiger partial charge in [-0.15, -0.1) is 11.3 Å². The van der Waals surface area contributed by atoms with Crippen molar-refractivity contribution in [2.75, 3.05) is 23.4 Å². The van der Waals surface area contributed by atoms with Crippen molar-refractivity contribution >= 4 is 39.3 Å². The predicted molar refractivity (Wildman–Crippen MR) is 85.1 cm³/mol. The van der Waals surface area contributed by atoms with Crippen LogP contribution >= 0.6 is 11.3 Å². The molecule has 0 aliphatic heterocycles. The second-order valence-corrected chi connectivity index (χ2v) is 6.01. The zero-order chi connectivity index (χ0) is 15.0. The minimum absolute atomic E-state index is 0.105. The largest absolute Gasteiger partial charge is 0.382 e. The number of thiophene rings is 1. The lowest BCUT2D eigenvalue weighted by Gasteiger charge is -2.16. The van der Waals surface area contributed by atoms with Crippen LogP contribution < -0.4 is 16.4 Å². The number of fused-ring (bicyclic) bond motifs is 1. The van der Waals surface area contributed by atoms with Gasteiger partial charge in [-0.2, -0.15) is 9.97 Å². The van der Waals surface area contributed by atoms with Crippen LogP contribution in [0.1, 0.15) is 10.6 Å². The van der Waals surface area contributed by atoms with Crippen molar-refractivity contribution in [1.82, 2.24) is 19.9 Å². The summed E-state index contributed by atoms with van der Waals surface area (Å²) in [5, 5.41) is 1.18. The van der Waals surface area contributed by atoms with Crippen LogP contribution in [-0.2, 0) is 6.54 Å². The van der Waals surface area contributed by atoms with Crippen LogP contribution in [-0.4, -0.2) is 27.0 Å². The van der Waals surface area contributed by atoms with Crippen LogP contribution in [0.25, 0.3) is 11.2 Å². The Bertz CT molecular complexity index is 798. The molecule has 0 fully saturated rings. The molecule has 0 aromatic carbocycles. The first-order valence-electron chi connectivity index (χ1n) is 6.35. The normalized spacial score (nSPS) is 11.0. The Morgan fingerprint density at radius 1 is 1.19 bits per heavy atom. The third-order valence-corrected chi connectivity index (χ3v) is 4.12. The lowest BCUT2D eigenvalue weighted by atomic mass is 10.3. The van der Waals surface area contributed by atoms with E-state index in [1.54, 1.807) is 17.5 Å². The molecule has 0 saturated heterocycles. The number of nitrogen functional groups attached to an aromatic ring is 2. The number of hydrogen-bond acceptors (Lipinski definition) is 8. The summed E-state index contributed by atoms with van der Waals surface area (Å²) in [4.78, 5) is 20.1. The maximum Gasteiger partial charge on any atom is 0.224 e. The summed E-state index contributed by atoms with van der Waals surface area (Å²) in [7, 11) is 2.01. The molecule has 3 aromatic rings. The Morgan fingerprint density at radius 3 is 2.71 bits per heavy atom. The van der Waals surface area contributed by atoms with E-state index in [1.807, 2.05) is 7.05 Å². The second-order valence-electron chi connectivity index (χ2n) is 4.74. The van der Waals surface area contributed by atoms with Crippen LogP contribution in [0.5, 0.6) is 0 Å². The molecule has 0 atom stereocenters. The maximum atomic E-state index is 5.83. The maximum absolute atomic E-state index is 5.83. The molecule has 0 saturated carbocycles. The summed E-state index contributed by atoms with van der Waals surface area (Å²) in [6.07, 6.45) is 1.69. The van der Waals surface area contributed by atoms with Crippen molar-refractivity contribution in [1.29, 1.82) is 0 Å². The van der Waals surface area contributed by atoms with E-state index in [-0.39, 0.29) is 11.8 Å². The molecule has 0 radical (unpaired) electrons. The fourth-order valence-electron chi connectivity index (χ4n) is 2.01. The van der Waals surface area contributed by atoms with E-state index in [2.05, 4.69) is 43.9 Å². The van der Waals surface area contributed by atoms with E-state index in [4.69, 9.17) is 11.5 Å². The lowest BCUT2D eigenvalue weighted by molar-refractivity contribution is 0.890. The number of aryl methyl sites for hydroxylation is 1. The average Bonchev–Trinajstić information content (AvgIpc) is 2.86. The highest BCUT2D eigenvalue weighted by atomic mass is 32.1. The third kappa shape index (κ3) is 2.70. The Hall–Kier alpha value is -2.48. The molecule has 21 heavy (non-hydrogen) atoms. The number of hydrogen-bond donors (Lipinski definition) is 2. The number of aromatic nitrogens is 4. The van der Waals surface area contributed by atoms with Gasteiger partial charge >= 0.3 is 0 Å². The number of rotatable bonds is 3. The van der Waals surface area contributed by atoms with Gasteiger partial charge < -0.3 is 16.4 Å². The Balaban J connectivity index is 1.91. The Morgan fingerprint density at radius 2 is 2.00 bits per heavy atom. The van der Waals surface area contributed by atoms with E-state index in [1.165, 1.54) is 9.88 Å². The topological polar surface area (TPSA) is 107 Å². The smallest absolute Gasteiger partial charge is 0.224 e. The molecule has 0 amide bonds. The molecule has 0 aliphatic rings. The van der Waals surface area contributed by atoms with Gasteiger partial charge in [-0.3, -0.25) is 0 Å². The summed E-state index contributed by atoms with van der Waals surface area (Å²) in [6, 6.07) is 4.18. The van der Waals surface area contributed by atoms with Crippen LogP contribution in [0.15, 0.2) is 18.3 Å². The van der Waals surface area contributed by atoms with Gasteiger partial charge in [0.15, 0.2) is 17.0 Å². The SMILES string of the molecule is Cc1ccc(N(C)Cc2cnc3nc(N)nc(N)c3n2)s1. The molecule has 3 rings (SSSR count). The van der Waals surface area contributed by atoms with Crippen molar-refractivity contribution in [3.63, 3.8) is 0 Å². The highest BCUT2D eigenvalue weighted by Crippen LogP contribution is 2.25. The molecule has 108 valence electrons.